The third-order valence-electron chi connectivity index (χ3n) is 5.42. The van der Waals surface area contributed by atoms with Gasteiger partial charge in [-0.3, -0.25) is 0 Å². The lowest BCUT2D eigenvalue weighted by atomic mass is 9.68. The van der Waals surface area contributed by atoms with Crippen molar-refractivity contribution in [2.75, 3.05) is 18.0 Å². The number of hydrogen-bond acceptors (Lipinski definition) is 2. The smallest absolute Gasteiger partial charge is 0.0992 e. The molecule has 0 amide bonds. The average molecular weight is 327 g/mol. The Hall–Kier alpha value is -1.49. The largest absolute Gasteiger partial charge is 0.371 e. The number of nitriles is 1. The van der Waals surface area contributed by atoms with Crippen LogP contribution in [0.1, 0.15) is 70.9 Å². The third kappa shape index (κ3) is 5.00. The Labute approximate surface area is 148 Å². The summed E-state index contributed by atoms with van der Waals surface area (Å²) in [5.74, 6) is 1.57. The molecule has 24 heavy (non-hydrogen) atoms. The van der Waals surface area contributed by atoms with Crippen LogP contribution in [-0.2, 0) is 0 Å². The van der Waals surface area contributed by atoms with Gasteiger partial charge in [0.05, 0.1) is 11.6 Å². The van der Waals surface area contributed by atoms with Gasteiger partial charge in [-0.2, -0.15) is 5.26 Å². The molecule has 0 saturated heterocycles. The Bertz CT molecular complexity index is 582. The molecule has 0 spiro atoms. The molecule has 0 aromatic heterocycles. The zero-order chi connectivity index (χ0) is 17.7. The van der Waals surface area contributed by atoms with Gasteiger partial charge in [-0.05, 0) is 67.6 Å². The summed E-state index contributed by atoms with van der Waals surface area (Å²) in [6, 6.07) is 8.42. The second kappa shape index (κ2) is 8.06. The lowest BCUT2D eigenvalue weighted by Gasteiger charge is -2.41. The van der Waals surface area contributed by atoms with Crippen LogP contribution in [0.5, 0.6) is 0 Å². The standard InChI is InChI=1S/C22H34N2/c1-6-7-10-24(21-12-19(15-23)9-8-18(21)3)16-20-11-17(2)13-22(4,5)14-20/h8-9,12,17,20H,6-7,10-11,13-14,16H2,1-5H3. The van der Waals surface area contributed by atoms with E-state index < -0.39 is 0 Å². The fraction of sp³-hybridized carbons (Fsp3) is 0.682. The quantitative estimate of drug-likeness (QED) is 0.647. The van der Waals surface area contributed by atoms with Gasteiger partial charge < -0.3 is 4.90 Å². The van der Waals surface area contributed by atoms with Crippen LogP contribution in [0.15, 0.2) is 18.2 Å². The Kier molecular flexibility index (Phi) is 6.33. The van der Waals surface area contributed by atoms with E-state index in [1.165, 1.54) is 43.4 Å². The Morgan fingerprint density at radius 2 is 2.04 bits per heavy atom. The van der Waals surface area contributed by atoms with Crippen LogP contribution in [0.4, 0.5) is 5.69 Å². The van der Waals surface area contributed by atoms with Crippen LogP contribution < -0.4 is 4.90 Å². The molecule has 1 saturated carbocycles. The second-order valence-corrected chi connectivity index (χ2v) is 8.69. The molecule has 2 unspecified atom stereocenters. The first-order valence-corrected chi connectivity index (χ1v) is 9.60. The summed E-state index contributed by atoms with van der Waals surface area (Å²) < 4.78 is 0. The monoisotopic (exact) mass is 326 g/mol. The summed E-state index contributed by atoms with van der Waals surface area (Å²) in [4.78, 5) is 2.55. The minimum atomic E-state index is 0.461. The average Bonchev–Trinajstić information content (AvgIpc) is 2.50. The molecule has 0 radical (unpaired) electrons. The first-order valence-electron chi connectivity index (χ1n) is 9.60. The van der Waals surface area contributed by atoms with E-state index in [0.29, 0.717) is 5.41 Å². The maximum absolute atomic E-state index is 9.27. The fourth-order valence-corrected chi connectivity index (χ4v) is 4.67. The van der Waals surface area contributed by atoms with E-state index >= 15 is 0 Å². The molecule has 0 heterocycles. The lowest BCUT2D eigenvalue weighted by Crippen LogP contribution is -2.37. The van der Waals surface area contributed by atoms with Crippen molar-refractivity contribution in [1.29, 1.82) is 5.26 Å². The van der Waals surface area contributed by atoms with Gasteiger partial charge >= 0.3 is 0 Å². The molecule has 1 aliphatic carbocycles. The van der Waals surface area contributed by atoms with E-state index in [2.05, 4.69) is 57.7 Å². The highest BCUT2D eigenvalue weighted by Crippen LogP contribution is 2.42. The van der Waals surface area contributed by atoms with Gasteiger partial charge in [-0.25, -0.2) is 0 Å². The second-order valence-electron chi connectivity index (χ2n) is 8.69. The summed E-state index contributed by atoms with van der Waals surface area (Å²) in [5.41, 5.74) is 3.78. The minimum absolute atomic E-state index is 0.461. The van der Waals surface area contributed by atoms with Crippen LogP contribution in [-0.4, -0.2) is 13.1 Å². The van der Waals surface area contributed by atoms with Crippen molar-refractivity contribution in [3.05, 3.63) is 29.3 Å². The third-order valence-corrected chi connectivity index (χ3v) is 5.42. The molecule has 2 nitrogen and oxygen atoms in total. The van der Waals surface area contributed by atoms with Crippen molar-refractivity contribution in [3.63, 3.8) is 0 Å². The Morgan fingerprint density at radius 3 is 2.67 bits per heavy atom. The van der Waals surface area contributed by atoms with Crippen LogP contribution in [0.3, 0.4) is 0 Å². The number of nitrogens with zero attached hydrogens (tertiary/aromatic N) is 2. The van der Waals surface area contributed by atoms with Crippen LogP contribution in [0.2, 0.25) is 0 Å². The van der Waals surface area contributed by atoms with E-state index in [1.54, 1.807) is 0 Å². The van der Waals surface area contributed by atoms with Crippen molar-refractivity contribution in [2.45, 2.75) is 66.7 Å². The molecule has 1 aliphatic rings. The summed E-state index contributed by atoms with van der Waals surface area (Å²) in [5, 5.41) is 9.27. The minimum Gasteiger partial charge on any atom is -0.371 e. The van der Waals surface area contributed by atoms with E-state index in [1.807, 2.05) is 6.07 Å². The number of anilines is 1. The number of benzene rings is 1. The highest BCUT2D eigenvalue weighted by molar-refractivity contribution is 5.57. The maximum Gasteiger partial charge on any atom is 0.0992 e. The number of rotatable bonds is 6. The van der Waals surface area contributed by atoms with Crippen LogP contribution in [0.25, 0.3) is 0 Å². The van der Waals surface area contributed by atoms with Gasteiger partial charge in [0.15, 0.2) is 0 Å². The molecular formula is C22H34N2. The molecule has 1 fully saturated rings. The van der Waals surface area contributed by atoms with E-state index in [4.69, 9.17) is 0 Å². The van der Waals surface area contributed by atoms with Crippen molar-refractivity contribution >= 4 is 5.69 Å². The molecule has 0 bridgehead atoms. The number of unbranched alkanes of at least 4 members (excludes halogenated alkanes) is 1. The number of aryl methyl sites for hydroxylation is 1. The molecule has 2 atom stereocenters. The van der Waals surface area contributed by atoms with E-state index in [-0.39, 0.29) is 0 Å². The predicted octanol–water partition coefficient (Wildman–Crippen LogP) is 5.94. The summed E-state index contributed by atoms with van der Waals surface area (Å²) in [6.07, 6.45) is 6.42. The van der Waals surface area contributed by atoms with Crippen LogP contribution in [0, 0.1) is 35.5 Å². The highest BCUT2D eigenvalue weighted by Gasteiger charge is 2.32. The predicted molar refractivity (Wildman–Crippen MR) is 103 cm³/mol. The Balaban J connectivity index is 2.21. The molecule has 0 aliphatic heterocycles. The first kappa shape index (κ1) is 18.8. The first-order chi connectivity index (χ1) is 11.3. The highest BCUT2D eigenvalue weighted by atomic mass is 15.1. The van der Waals surface area contributed by atoms with Gasteiger partial charge in [-0.1, -0.05) is 40.2 Å². The van der Waals surface area contributed by atoms with Gasteiger partial charge in [0, 0.05) is 18.8 Å². The zero-order valence-corrected chi connectivity index (χ0v) is 16.2. The molecule has 2 heteroatoms. The zero-order valence-electron chi connectivity index (χ0n) is 16.2. The van der Waals surface area contributed by atoms with Crippen molar-refractivity contribution in [3.8, 4) is 6.07 Å². The normalized spacial score (nSPS) is 22.8. The summed E-state index contributed by atoms with van der Waals surface area (Å²) >= 11 is 0. The summed E-state index contributed by atoms with van der Waals surface area (Å²) in [6.45, 7) is 13.9. The van der Waals surface area contributed by atoms with Gasteiger partial charge in [-0.15, -0.1) is 0 Å². The van der Waals surface area contributed by atoms with E-state index in [0.717, 1.165) is 30.5 Å². The van der Waals surface area contributed by atoms with Gasteiger partial charge in [0.25, 0.3) is 0 Å². The molecular weight excluding hydrogens is 292 g/mol. The number of hydrogen-bond donors (Lipinski definition) is 0. The molecule has 1 aromatic carbocycles. The lowest BCUT2D eigenvalue weighted by molar-refractivity contribution is 0.135. The Morgan fingerprint density at radius 1 is 1.29 bits per heavy atom. The van der Waals surface area contributed by atoms with Crippen molar-refractivity contribution in [1.82, 2.24) is 0 Å². The molecule has 1 aromatic rings. The van der Waals surface area contributed by atoms with Gasteiger partial charge in [0.1, 0.15) is 0 Å². The molecule has 132 valence electrons. The van der Waals surface area contributed by atoms with Crippen molar-refractivity contribution in [2.24, 2.45) is 17.3 Å². The molecule has 2 rings (SSSR count). The maximum atomic E-state index is 9.27. The van der Waals surface area contributed by atoms with E-state index in [9.17, 15) is 5.26 Å². The molecule has 0 N–H and O–H groups in total. The summed E-state index contributed by atoms with van der Waals surface area (Å²) in [7, 11) is 0. The van der Waals surface area contributed by atoms with Crippen LogP contribution >= 0.6 is 0 Å². The van der Waals surface area contributed by atoms with Crippen molar-refractivity contribution < 1.29 is 0 Å². The SMILES string of the molecule is CCCCN(CC1CC(C)CC(C)(C)C1)c1cc(C#N)ccc1C. The fourth-order valence-electron chi connectivity index (χ4n) is 4.67. The van der Waals surface area contributed by atoms with Gasteiger partial charge in [0.2, 0.25) is 0 Å². The topological polar surface area (TPSA) is 27.0 Å².